The van der Waals surface area contributed by atoms with Crippen LogP contribution in [0.4, 0.5) is 5.82 Å². The third-order valence-electron chi connectivity index (χ3n) is 3.21. The minimum absolute atomic E-state index is 0.0430. The number of furan rings is 1. The summed E-state index contributed by atoms with van der Waals surface area (Å²) < 4.78 is 7.05. The average molecular weight is 276 g/mol. The van der Waals surface area contributed by atoms with Gasteiger partial charge in [-0.25, -0.2) is 4.98 Å². The average Bonchev–Trinajstić information content (AvgIpc) is 2.94. The van der Waals surface area contributed by atoms with Crippen molar-refractivity contribution in [2.24, 2.45) is 0 Å². The van der Waals surface area contributed by atoms with E-state index in [-0.39, 0.29) is 11.6 Å². The predicted octanol–water partition coefficient (Wildman–Crippen LogP) is 1.57. The zero-order valence-corrected chi connectivity index (χ0v) is 12.0. The fourth-order valence-electron chi connectivity index (χ4n) is 2.03. The van der Waals surface area contributed by atoms with Crippen molar-refractivity contribution >= 4 is 5.82 Å². The van der Waals surface area contributed by atoms with Crippen molar-refractivity contribution in [2.45, 2.75) is 19.5 Å². The molecule has 0 saturated heterocycles. The van der Waals surface area contributed by atoms with Gasteiger partial charge in [0.1, 0.15) is 5.76 Å². The van der Waals surface area contributed by atoms with Crippen LogP contribution in [-0.2, 0) is 6.54 Å². The summed E-state index contributed by atoms with van der Waals surface area (Å²) >= 11 is 0. The molecule has 0 bridgehead atoms. The number of likely N-dealkylation sites (N-methyl/N-ethyl adjacent to an activating group) is 1. The largest absolute Gasteiger partial charge is 0.468 e. The van der Waals surface area contributed by atoms with Gasteiger partial charge in [-0.15, -0.1) is 0 Å². The molecule has 0 aliphatic carbocycles. The fraction of sp³-hybridized carbons (Fsp3) is 0.429. The van der Waals surface area contributed by atoms with Gasteiger partial charge < -0.3 is 14.3 Å². The Bertz CT molecular complexity index is 589. The smallest absolute Gasteiger partial charge is 0.293 e. The number of aromatic nitrogens is 2. The van der Waals surface area contributed by atoms with Crippen LogP contribution in [-0.4, -0.2) is 35.1 Å². The van der Waals surface area contributed by atoms with Gasteiger partial charge in [0.25, 0.3) is 5.56 Å². The number of hydrogen-bond donors (Lipinski definition) is 1. The van der Waals surface area contributed by atoms with E-state index in [0.29, 0.717) is 18.9 Å². The Morgan fingerprint density at radius 1 is 1.50 bits per heavy atom. The van der Waals surface area contributed by atoms with Gasteiger partial charge in [-0.2, -0.15) is 0 Å². The Hall–Kier alpha value is -2.08. The Kier molecular flexibility index (Phi) is 4.57. The summed E-state index contributed by atoms with van der Waals surface area (Å²) in [6.45, 7) is 3.11. The van der Waals surface area contributed by atoms with Gasteiger partial charge in [0, 0.05) is 25.5 Å². The van der Waals surface area contributed by atoms with E-state index in [0.717, 1.165) is 5.76 Å². The zero-order valence-electron chi connectivity index (χ0n) is 12.0. The van der Waals surface area contributed by atoms with Gasteiger partial charge >= 0.3 is 0 Å². The second-order valence-electron chi connectivity index (χ2n) is 4.74. The molecular weight excluding hydrogens is 256 g/mol. The maximum absolute atomic E-state index is 12.1. The van der Waals surface area contributed by atoms with Crippen LogP contribution in [0.15, 0.2) is 40.0 Å². The normalized spacial score (nSPS) is 12.6. The van der Waals surface area contributed by atoms with Crippen molar-refractivity contribution in [1.29, 1.82) is 0 Å². The van der Waals surface area contributed by atoms with Gasteiger partial charge in [-0.1, -0.05) is 0 Å². The third-order valence-corrected chi connectivity index (χ3v) is 3.21. The molecule has 0 radical (unpaired) electrons. The summed E-state index contributed by atoms with van der Waals surface area (Å²) in [5.74, 6) is 1.22. The van der Waals surface area contributed by atoms with Gasteiger partial charge in [0.15, 0.2) is 5.82 Å². The highest BCUT2D eigenvalue weighted by Crippen LogP contribution is 2.18. The van der Waals surface area contributed by atoms with Crippen molar-refractivity contribution < 1.29 is 4.42 Å². The molecule has 2 heterocycles. The van der Waals surface area contributed by atoms with Gasteiger partial charge in [-0.05, 0) is 33.2 Å². The Morgan fingerprint density at radius 3 is 2.90 bits per heavy atom. The second-order valence-corrected chi connectivity index (χ2v) is 4.74. The molecule has 2 aromatic heterocycles. The molecule has 0 fully saturated rings. The maximum atomic E-state index is 12.1. The summed E-state index contributed by atoms with van der Waals surface area (Å²) in [7, 11) is 3.94. The zero-order chi connectivity index (χ0) is 14.5. The van der Waals surface area contributed by atoms with Gasteiger partial charge in [0.05, 0.1) is 12.3 Å². The molecule has 108 valence electrons. The molecule has 0 aromatic carbocycles. The molecule has 2 aromatic rings. The van der Waals surface area contributed by atoms with Crippen molar-refractivity contribution in [1.82, 2.24) is 14.5 Å². The summed E-state index contributed by atoms with van der Waals surface area (Å²) in [5, 5.41) is 3.11. The molecule has 6 heteroatoms. The number of aryl methyl sites for hydroxylation is 1. The third kappa shape index (κ3) is 3.08. The highest BCUT2D eigenvalue weighted by Gasteiger charge is 2.17. The van der Waals surface area contributed by atoms with E-state index in [1.165, 1.54) is 0 Å². The molecule has 0 spiro atoms. The van der Waals surface area contributed by atoms with E-state index in [2.05, 4.69) is 10.3 Å². The highest BCUT2D eigenvalue weighted by molar-refractivity contribution is 5.31. The van der Waals surface area contributed by atoms with Crippen LogP contribution in [0.25, 0.3) is 0 Å². The Labute approximate surface area is 118 Å². The van der Waals surface area contributed by atoms with E-state index < -0.39 is 0 Å². The maximum Gasteiger partial charge on any atom is 0.293 e. The number of hydrogen-bond acceptors (Lipinski definition) is 5. The van der Waals surface area contributed by atoms with Crippen LogP contribution in [0.1, 0.15) is 18.7 Å². The molecule has 0 aliphatic heterocycles. The minimum atomic E-state index is -0.105. The van der Waals surface area contributed by atoms with E-state index in [1.54, 1.807) is 23.2 Å². The van der Waals surface area contributed by atoms with Crippen LogP contribution >= 0.6 is 0 Å². The lowest BCUT2D eigenvalue weighted by molar-refractivity contribution is 0.269. The molecule has 1 N–H and O–H groups in total. The number of nitrogens with zero attached hydrogens (tertiary/aromatic N) is 3. The van der Waals surface area contributed by atoms with E-state index in [4.69, 9.17) is 4.42 Å². The molecule has 1 unspecified atom stereocenters. The van der Waals surface area contributed by atoms with Crippen molar-refractivity contribution in [2.75, 3.05) is 26.0 Å². The first-order chi connectivity index (χ1) is 9.63. The van der Waals surface area contributed by atoms with Crippen molar-refractivity contribution in [3.63, 3.8) is 0 Å². The van der Waals surface area contributed by atoms with Crippen molar-refractivity contribution in [3.8, 4) is 0 Å². The molecule has 0 aliphatic rings. The summed E-state index contributed by atoms with van der Waals surface area (Å²) in [6.07, 6.45) is 4.96. The molecular formula is C14H20N4O2. The lowest BCUT2D eigenvalue weighted by atomic mass is 10.2. The van der Waals surface area contributed by atoms with E-state index in [1.807, 2.05) is 38.1 Å². The number of nitrogens with one attached hydrogen (secondary N) is 1. The standard InChI is InChI=1S/C14H20N4O2/c1-4-18-8-7-15-13(14(18)19)16-10-11(17(2)3)12-6-5-9-20-12/h5-9,11H,4,10H2,1-3H3,(H,15,16). The van der Waals surface area contributed by atoms with E-state index >= 15 is 0 Å². The lowest BCUT2D eigenvalue weighted by Gasteiger charge is -2.22. The summed E-state index contributed by atoms with van der Waals surface area (Å²) in [4.78, 5) is 18.2. The van der Waals surface area contributed by atoms with Gasteiger partial charge in [-0.3, -0.25) is 9.69 Å². The minimum Gasteiger partial charge on any atom is -0.468 e. The predicted molar refractivity (Wildman–Crippen MR) is 77.8 cm³/mol. The molecule has 0 saturated carbocycles. The summed E-state index contributed by atoms with van der Waals surface area (Å²) in [5.41, 5.74) is -0.105. The molecule has 2 rings (SSSR count). The van der Waals surface area contributed by atoms with Crippen LogP contribution in [0.3, 0.4) is 0 Å². The monoisotopic (exact) mass is 276 g/mol. The van der Waals surface area contributed by atoms with Gasteiger partial charge in [0.2, 0.25) is 0 Å². The van der Waals surface area contributed by atoms with Crippen LogP contribution in [0, 0.1) is 0 Å². The van der Waals surface area contributed by atoms with Crippen LogP contribution < -0.4 is 10.9 Å². The first-order valence-electron chi connectivity index (χ1n) is 6.62. The Morgan fingerprint density at radius 2 is 2.30 bits per heavy atom. The van der Waals surface area contributed by atoms with Crippen LogP contribution in [0.5, 0.6) is 0 Å². The first kappa shape index (κ1) is 14.3. The molecule has 1 atom stereocenters. The quantitative estimate of drug-likeness (QED) is 0.867. The highest BCUT2D eigenvalue weighted by atomic mass is 16.3. The number of rotatable bonds is 6. The topological polar surface area (TPSA) is 63.3 Å². The van der Waals surface area contributed by atoms with Crippen LogP contribution in [0.2, 0.25) is 0 Å². The molecule has 20 heavy (non-hydrogen) atoms. The fourth-order valence-corrected chi connectivity index (χ4v) is 2.03. The summed E-state index contributed by atoms with van der Waals surface area (Å²) in [6, 6.07) is 3.83. The number of anilines is 1. The molecule has 6 nitrogen and oxygen atoms in total. The van der Waals surface area contributed by atoms with E-state index in [9.17, 15) is 4.79 Å². The second kappa shape index (κ2) is 6.38. The lowest BCUT2D eigenvalue weighted by Crippen LogP contribution is -2.30. The Balaban J connectivity index is 2.13. The first-order valence-corrected chi connectivity index (χ1v) is 6.62. The van der Waals surface area contributed by atoms with Crippen molar-refractivity contribution in [3.05, 3.63) is 46.9 Å². The SMILES string of the molecule is CCn1ccnc(NCC(c2ccco2)N(C)C)c1=O. The molecule has 0 amide bonds.